The van der Waals surface area contributed by atoms with Gasteiger partial charge in [0.15, 0.2) is 11.5 Å². The van der Waals surface area contributed by atoms with E-state index in [0.29, 0.717) is 36.9 Å². The zero-order valence-electron chi connectivity index (χ0n) is 20.7. The molecule has 3 aromatic heterocycles. The summed E-state index contributed by atoms with van der Waals surface area (Å²) in [6.45, 7) is 4.62. The van der Waals surface area contributed by atoms with Crippen LogP contribution in [0.1, 0.15) is 46.7 Å². The normalized spacial score (nSPS) is 21.1. The smallest absolute Gasteiger partial charge is 0.278 e. The fraction of sp³-hybridized carbons (Fsp3) is 0.423. The number of halogens is 2. The van der Waals surface area contributed by atoms with Crippen molar-refractivity contribution in [3.05, 3.63) is 69.3 Å². The zero-order valence-corrected chi connectivity index (χ0v) is 21.5. The first-order valence-corrected chi connectivity index (χ1v) is 13.0. The van der Waals surface area contributed by atoms with Gasteiger partial charge < -0.3 is 9.42 Å². The summed E-state index contributed by atoms with van der Waals surface area (Å²) >= 11 is 6.51. The second kappa shape index (κ2) is 8.32. The molecule has 0 unspecified atom stereocenters. The van der Waals surface area contributed by atoms with Gasteiger partial charge in [0.25, 0.3) is 5.89 Å². The quantitative estimate of drug-likeness (QED) is 0.366. The first-order chi connectivity index (χ1) is 17.9. The van der Waals surface area contributed by atoms with Crippen molar-refractivity contribution in [3.63, 3.8) is 0 Å². The highest BCUT2D eigenvalue weighted by Crippen LogP contribution is 2.49. The molecule has 1 aliphatic carbocycles. The van der Waals surface area contributed by atoms with Crippen LogP contribution >= 0.6 is 11.6 Å². The highest BCUT2D eigenvalue weighted by atomic mass is 35.5. The lowest BCUT2D eigenvalue weighted by atomic mass is 9.80. The number of hydrogen-bond donors (Lipinski definition) is 0. The molecule has 0 saturated heterocycles. The van der Waals surface area contributed by atoms with Gasteiger partial charge in [0.2, 0.25) is 5.28 Å². The topological polar surface area (TPSA) is 89.0 Å². The lowest BCUT2D eigenvalue weighted by Crippen LogP contribution is -2.48. The minimum absolute atomic E-state index is 0.140. The van der Waals surface area contributed by atoms with Crippen LogP contribution in [-0.4, -0.2) is 48.4 Å². The van der Waals surface area contributed by atoms with E-state index in [1.54, 1.807) is 19.1 Å². The Kier molecular flexibility index (Phi) is 5.13. The van der Waals surface area contributed by atoms with Crippen LogP contribution in [0.15, 0.2) is 28.8 Å². The van der Waals surface area contributed by atoms with Crippen molar-refractivity contribution < 1.29 is 8.91 Å². The maximum atomic E-state index is 15.1. The summed E-state index contributed by atoms with van der Waals surface area (Å²) in [5, 5.41) is 8.82. The van der Waals surface area contributed by atoms with Crippen molar-refractivity contribution in [2.75, 3.05) is 18.5 Å². The summed E-state index contributed by atoms with van der Waals surface area (Å²) in [5.41, 5.74) is 5.15. The number of likely N-dealkylation sites (N-methyl/N-ethyl adjacent to an activating group) is 1. The van der Waals surface area contributed by atoms with Crippen LogP contribution in [0.4, 0.5) is 10.2 Å². The minimum atomic E-state index is -0.419. The summed E-state index contributed by atoms with van der Waals surface area (Å²) in [4.78, 5) is 18.2. The molecular formula is C26H26ClFN8O. The Balaban J connectivity index is 1.26. The monoisotopic (exact) mass is 520 g/mol. The lowest BCUT2D eigenvalue weighted by molar-refractivity contribution is 0.0897. The Bertz CT molecular complexity index is 1530. The van der Waals surface area contributed by atoms with Gasteiger partial charge >= 0.3 is 0 Å². The van der Waals surface area contributed by atoms with Gasteiger partial charge in [0.05, 0.1) is 23.5 Å². The van der Waals surface area contributed by atoms with Crippen LogP contribution in [0.2, 0.25) is 5.28 Å². The fourth-order valence-electron chi connectivity index (χ4n) is 6.33. The van der Waals surface area contributed by atoms with Crippen molar-refractivity contribution in [1.29, 1.82) is 0 Å². The van der Waals surface area contributed by atoms with Crippen molar-refractivity contribution in [2.45, 2.75) is 57.8 Å². The molecule has 7 rings (SSSR count). The first kappa shape index (κ1) is 22.8. The lowest BCUT2D eigenvalue weighted by Gasteiger charge is -2.44. The number of nitrogens with zero attached hydrogens (tertiary/aromatic N) is 8. The highest BCUT2D eigenvalue weighted by molar-refractivity contribution is 6.28. The Labute approximate surface area is 218 Å². The number of rotatable bonds is 2. The molecule has 0 amide bonds. The Hall–Kier alpha value is -3.37. The molecule has 0 bridgehead atoms. The summed E-state index contributed by atoms with van der Waals surface area (Å²) in [6, 6.07) is 7.41. The standard InChI is InChI=1S/C26H26ClFN8O/c1-15-29-24(37-33-15)20-11-17-13-35(9-4-10-36(17)32-20)23-18-14-34(2)26(12-21(18)30-25(27)31-23)8-7-16-5-3-6-19(28)22(16)26/h3,5-6,11H,4,7-10,12-14H2,1-2H3/t26-/m0/s1. The van der Waals surface area contributed by atoms with Gasteiger partial charge in [0, 0.05) is 37.2 Å². The van der Waals surface area contributed by atoms with Crippen LogP contribution < -0.4 is 4.90 Å². The molecule has 5 heterocycles. The van der Waals surface area contributed by atoms with Crippen LogP contribution in [0, 0.1) is 12.7 Å². The second-order valence-corrected chi connectivity index (χ2v) is 10.6. The van der Waals surface area contributed by atoms with Crippen molar-refractivity contribution in [2.24, 2.45) is 0 Å². The number of hydrogen-bond acceptors (Lipinski definition) is 8. The summed E-state index contributed by atoms with van der Waals surface area (Å²) in [7, 11) is 2.08. The number of fused-ring (bicyclic) bond motifs is 4. The van der Waals surface area contributed by atoms with Crippen LogP contribution in [0.5, 0.6) is 0 Å². The largest absolute Gasteiger partial charge is 0.350 e. The molecule has 3 aliphatic rings. The molecule has 0 saturated carbocycles. The molecule has 1 atom stereocenters. The van der Waals surface area contributed by atoms with Gasteiger partial charge in [-0.15, -0.1) is 0 Å². The van der Waals surface area contributed by atoms with Crippen molar-refractivity contribution in [1.82, 2.24) is 34.8 Å². The minimum Gasteiger partial charge on any atom is -0.350 e. The van der Waals surface area contributed by atoms with Gasteiger partial charge in [0.1, 0.15) is 11.6 Å². The Morgan fingerprint density at radius 3 is 2.86 bits per heavy atom. The highest BCUT2D eigenvalue weighted by Gasteiger charge is 2.48. The van der Waals surface area contributed by atoms with E-state index < -0.39 is 5.54 Å². The van der Waals surface area contributed by atoms with E-state index in [4.69, 9.17) is 26.2 Å². The maximum absolute atomic E-state index is 15.1. The molecule has 2 aliphatic heterocycles. The average Bonchev–Trinajstić information content (AvgIpc) is 3.55. The van der Waals surface area contributed by atoms with Crippen molar-refractivity contribution >= 4 is 17.4 Å². The van der Waals surface area contributed by atoms with E-state index in [-0.39, 0.29) is 11.1 Å². The van der Waals surface area contributed by atoms with E-state index in [1.165, 1.54) is 0 Å². The predicted molar refractivity (Wildman–Crippen MR) is 135 cm³/mol. The van der Waals surface area contributed by atoms with Gasteiger partial charge in [-0.05, 0) is 62.5 Å². The third-order valence-electron chi connectivity index (χ3n) is 8.06. The number of anilines is 1. The molecule has 0 fully saturated rings. The third-order valence-corrected chi connectivity index (χ3v) is 8.23. The summed E-state index contributed by atoms with van der Waals surface area (Å²) in [6.07, 6.45) is 3.22. The van der Waals surface area contributed by atoms with E-state index in [9.17, 15) is 0 Å². The van der Waals surface area contributed by atoms with Crippen molar-refractivity contribution in [3.8, 4) is 11.6 Å². The third kappa shape index (κ3) is 3.57. The number of benzene rings is 1. The van der Waals surface area contributed by atoms with Gasteiger partial charge in [-0.25, -0.2) is 14.4 Å². The molecular weight excluding hydrogens is 495 g/mol. The Morgan fingerprint density at radius 2 is 2.03 bits per heavy atom. The van der Waals surface area contributed by atoms with E-state index in [0.717, 1.165) is 66.2 Å². The van der Waals surface area contributed by atoms with Crippen LogP contribution in [0.3, 0.4) is 0 Å². The van der Waals surface area contributed by atoms with Crippen LogP contribution in [-0.2, 0) is 38.0 Å². The van der Waals surface area contributed by atoms with E-state index >= 15 is 4.39 Å². The molecule has 4 aromatic rings. The summed E-state index contributed by atoms with van der Waals surface area (Å²) in [5.74, 6) is 1.70. The van der Waals surface area contributed by atoms with Gasteiger partial charge in [-0.1, -0.05) is 17.3 Å². The average molecular weight is 521 g/mol. The molecule has 0 radical (unpaired) electrons. The number of aryl methyl sites for hydroxylation is 3. The fourth-order valence-corrected chi connectivity index (χ4v) is 6.51. The Morgan fingerprint density at radius 1 is 1.14 bits per heavy atom. The molecule has 37 heavy (non-hydrogen) atoms. The van der Waals surface area contributed by atoms with Gasteiger partial charge in [-0.2, -0.15) is 10.1 Å². The molecule has 1 spiro atoms. The second-order valence-electron chi connectivity index (χ2n) is 10.2. The molecule has 190 valence electrons. The number of aromatic nitrogens is 6. The molecule has 1 aromatic carbocycles. The zero-order chi connectivity index (χ0) is 25.3. The van der Waals surface area contributed by atoms with E-state index in [2.05, 4.69) is 32.0 Å². The molecule has 0 N–H and O–H groups in total. The van der Waals surface area contributed by atoms with Crippen LogP contribution in [0.25, 0.3) is 11.6 Å². The summed E-state index contributed by atoms with van der Waals surface area (Å²) < 4.78 is 22.4. The maximum Gasteiger partial charge on any atom is 0.278 e. The van der Waals surface area contributed by atoms with Gasteiger partial charge in [-0.3, -0.25) is 9.58 Å². The molecule has 11 heteroatoms. The first-order valence-electron chi connectivity index (χ1n) is 12.6. The molecule has 9 nitrogen and oxygen atoms in total. The van der Waals surface area contributed by atoms with E-state index in [1.807, 2.05) is 16.8 Å². The SMILES string of the molecule is Cc1noc(-c2cc3n(n2)CCCN(c2nc(Cl)nc4c2CN(C)[C@@]2(CCc5cccc(F)c52)C4)C3)n1. The predicted octanol–water partition coefficient (Wildman–Crippen LogP) is 4.06.